The van der Waals surface area contributed by atoms with Crippen LogP contribution >= 0.6 is 0 Å². The Balaban J connectivity index is 1.85. The molecular weight excluding hydrogens is 338 g/mol. The average Bonchev–Trinajstić information content (AvgIpc) is 2.58. The molecular formula is C18H29N3O3S. The molecule has 6 nitrogen and oxygen atoms in total. The second kappa shape index (κ2) is 8.67. The van der Waals surface area contributed by atoms with Crippen molar-refractivity contribution in [3.63, 3.8) is 0 Å². The van der Waals surface area contributed by atoms with Crippen molar-refractivity contribution in [2.24, 2.45) is 5.92 Å². The SMILES string of the molecule is CCN(CCNC(=O)C1CCCN(S(C)(=O)=O)C1)c1cccc(C)c1. The van der Waals surface area contributed by atoms with E-state index < -0.39 is 10.0 Å². The summed E-state index contributed by atoms with van der Waals surface area (Å²) in [5, 5.41) is 2.97. The van der Waals surface area contributed by atoms with Crippen molar-refractivity contribution in [3.8, 4) is 0 Å². The van der Waals surface area contributed by atoms with Crippen LogP contribution in [0.4, 0.5) is 5.69 Å². The van der Waals surface area contributed by atoms with E-state index in [-0.39, 0.29) is 11.8 Å². The quantitative estimate of drug-likeness (QED) is 0.795. The van der Waals surface area contributed by atoms with Gasteiger partial charge in [-0.3, -0.25) is 4.79 Å². The number of benzene rings is 1. The summed E-state index contributed by atoms with van der Waals surface area (Å²) in [5.41, 5.74) is 2.36. The number of anilines is 1. The van der Waals surface area contributed by atoms with Gasteiger partial charge >= 0.3 is 0 Å². The lowest BCUT2D eigenvalue weighted by molar-refractivity contribution is -0.126. The lowest BCUT2D eigenvalue weighted by Gasteiger charge is -2.30. The van der Waals surface area contributed by atoms with Gasteiger partial charge in [0, 0.05) is 38.4 Å². The van der Waals surface area contributed by atoms with Crippen LogP contribution in [0, 0.1) is 12.8 Å². The first-order valence-electron chi connectivity index (χ1n) is 8.85. The van der Waals surface area contributed by atoms with Gasteiger partial charge in [-0.25, -0.2) is 12.7 Å². The van der Waals surface area contributed by atoms with E-state index in [1.807, 2.05) is 6.07 Å². The minimum absolute atomic E-state index is 0.0476. The molecule has 1 aromatic rings. The van der Waals surface area contributed by atoms with E-state index in [2.05, 4.69) is 42.3 Å². The van der Waals surface area contributed by atoms with Crippen LogP contribution in [-0.4, -0.2) is 57.6 Å². The Labute approximate surface area is 151 Å². The van der Waals surface area contributed by atoms with Crippen LogP contribution in [0.2, 0.25) is 0 Å². The van der Waals surface area contributed by atoms with Crippen LogP contribution in [0.3, 0.4) is 0 Å². The molecule has 7 heteroatoms. The molecule has 1 atom stereocenters. The molecule has 1 aliphatic heterocycles. The Morgan fingerprint density at radius 2 is 2.16 bits per heavy atom. The minimum atomic E-state index is -3.23. The first-order chi connectivity index (χ1) is 11.8. The summed E-state index contributed by atoms with van der Waals surface area (Å²) in [6.07, 6.45) is 2.68. The predicted octanol–water partition coefficient (Wildman–Crippen LogP) is 1.61. The smallest absolute Gasteiger partial charge is 0.224 e. The van der Waals surface area contributed by atoms with Crippen molar-refractivity contribution < 1.29 is 13.2 Å². The maximum atomic E-state index is 12.4. The Kier molecular flexibility index (Phi) is 6.84. The van der Waals surface area contributed by atoms with E-state index in [4.69, 9.17) is 0 Å². The number of aryl methyl sites for hydroxylation is 1. The third-order valence-electron chi connectivity index (χ3n) is 4.65. The van der Waals surface area contributed by atoms with Crippen molar-refractivity contribution in [1.29, 1.82) is 0 Å². The molecule has 0 bridgehead atoms. The van der Waals surface area contributed by atoms with Crippen molar-refractivity contribution in [2.45, 2.75) is 26.7 Å². The van der Waals surface area contributed by atoms with Gasteiger partial charge in [-0.1, -0.05) is 12.1 Å². The number of nitrogens with one attached hydrogen (secondary N) is 1. The molecule has 1 heterocycles. The maximum absolute atomic E-state index is 12.4. The number of hydrogen-bond acceptors (Lipinski definition) is 4. The van der Waals surface area contributed by atoms with Crippen LogP contribution in [-0.2, 0) is 14.8 Å². The molecule has 1 aromatic carbocycles. The van der Waals surface area contributed by atoms with Crippen LogP contribution in [0.5, 0.6) is 0 Å². The summed E-state index contributed by atoms with van der Waals surface area (Å²) in [6.45, 7) is 7.11. The van der Waals surface area contributed by atoms with E-state index in [9.17, 15) is 13.2 Å². The Morgan fingerprint density at radius 3 is 2.80 bits per heavy atom. The van der Waals surface area contributed by atoms with Crippen LogP contribution in [0.25, 0.3) is 0 Å². The highest BCUT2D eigenvalue weighted by Gasteiger charge is 2.29. The number of piperidine rings is 1. The van der Waals surface area contributed by atoms with Gasteiger partial charge in [0.05, 0.1) is 12.2 Å². The van der Waals surface area contributed by atoms with E-state index in [1.54, 1.807) is 0 Å². The van der Waals surface area contributed by atoms with Crippen molar-refractivity contribution >= 4 is 21.6 Å². The number of nitrogens with zero attached hydrogens (tertiary/aromatic N) is 2. The molecule has 2 rings (SSSR count). The van der Waals surface area contributed by atoms with Gasteiger partial charge < -0.3 is 10.2 Å². The molecule has 1 aliphatic rings. The third kappa shape index (κ3) is 5.71. The summed E-state index contributed by atoms with van der Waals surface area (Å²) in [6, 6.07) is 8.31. The first-order valence-corrected chi connectivity index (χ1v) is 10.7. The summed E-state index contributed by atoms with van der Waals surface area (Å²) in [7, 11) is -3.23. The highest BCUT2D eigenvalue weighted by Crippen LogP contribution is 2.19. The lowest BCUT2D eigenvalue weighted by Crippen LogP contribution is -2.46. The number of hydrogen-bond donors (Lipinski definition) is 1. The van der Waals surface area contributed by atoms with Crippen LogP contribution < -0.4 is 10.2 Å². The van der Waals surface area contributed by atoms with Gasteiger partial charge in [-0.2, -0.15) is 0 Å². The maximum Gasteiger partial charge on any atom is 0.224 e. The molecule has 0 radical (unpaired) electrons. The zero-order chi connectivity index (χ0) is 18.4. The van der Waals surface area contributed by atoms with E-state index in [0.717, 1.165) is 31.6 Å². The molecule has 140 valence electrons. The van der Waals surface area contributed by atoms with Crippen LogP contribution in [0.1, 0.15) is 25.3 Å². The van der Waals surface area contributed by atoms with Crippen LogP contribution in [0.15, 0.2) is 24.3 Å². The predicted molar refractivity (Wildman–Crippen MR) is 101 cm³/mol. The molecule has 25 heavy (non-hydrogen) atoms. The van der Waals surface area contributed by atoms with Crippen molar-refractivity contribution in [1.82, 2.24) is 9.62 Å². The Morgan fingerprint density at radius 1 is 1.40 bits per heavy atom. The average molecular weight is 368 g/mol. The van der Waals surface area contributed by atoms with Gasteiger partial charge in [0.25, 0.3) is 0 Å². The third-order valence-corrected chi connectivity index (χ3v) is 5.92. The highest BCUT2D eigenvalue weighted by atomic mass is 32.2. The van der Waals surface area contributed by atoms with Gasteiger partial charge in [0.1, 0.15) is 0 Å². The fraction of sp³-hybridized carbons (Fsp3) is 0.611. The fourth-order valence-electron chi connectivity index (χ4n) is 3.21. The first kappa shape index (κ1) is 19.7. The second-order valence-electron chi connectivity index (χ2n) is 6.67. The molecule has 1 N–H and O–H groups in total. The summed E-state index contributed by atoms with van der Waals surface area (Å²) in [4.78, 5) is 14.6. The zero-order valence-electron chi connectivity index (χ0n) is 15.4. The monoisotopic (exact) mass is 367 g/mol. The molecule has 1 fully saturated rings. The van der Waals surface area contributed by atoms with E-state index >= 15 is 0 Å². The summed E-state index contributed by atoms with van der Waals surface area (Å²) >= 11 is 0. The van der Waals surface area contributed by atoms with Gasteiger partial charge in [-0.15, -0.1) is 0 Å². The number of carbonyl (C=O) groups is 1. The molecule has 1 unspecified atom stereocenters. The number of likely N-dealkylation sites (N-methyl/N-ethyl adjacent to an activating group) is 1. The second-order valence-corrected chi connectivity index (χ2v) is 8.65. The summed E-state index contributed by atoms with van der Waals surface area (Å²) in [5.74, 6) is -0.300. The molecule has 1 saturated heterocycles. The molecule has 0 saturated carbocycles. The van der Waals surface area contributed by atoms with Gasteiger partial charge in [0.2, 0.25) is 15.9 Å². The van der Waals surface area contributed by atoms with Crippen molar-refractivity contribution in [3.05, 3.63) is 29.8 Å². The Hall–Kier alpha value is -1.60. The lowest BCUT2D eigenvalue weighted by atomic mass is 9.99. The van der Waals surface area contributed by atoms with E-state index in [0.29, 0.717) is 19.6 Å². The zero-order valence-corrected chi connectivity index (χ0v) is 16.2. The largest absolute Gasteiger partial charge is 0.370 e. The van der Waals surface area contributed by atoms with Gasteiger partial charge in [0.15, 0.2) is 0 Å². The number of rotatable bonds is 7. The topological polar surface area (TPSA) is 69.7 Å². The molecule has 1 amide bonds. The highest BCUT2D eigenvalue weighted by molar-refractivity contribution is 7.88. The molecule has 0 aromatic heterocycles. The number of sulfonamides is 1. The van der Waals surface area contributed by atoms with Gasteiger partial charge in [-0.05, 0) is 44.4 Å². The normalized spacial score (nSPS) is 18.8. The van der Waals surface area contributed by atoms with E-state index in [1.165, 1.54) is 16.1 Å². The fourth-order valence-corrected chi connectivity index (χ4v) is 4.12. The minimum Gasteiger partial charge on any atom is -0.370 e. The number of carbonyl (C=O) groups excluding carboxylic acids is 1. The standard InChI is InChI=1S/C18H29N3O3S/c1-4-20(17-9-5-7-15(2)13-17)12-10-19-18(22)16-8-6-11-21(14-16)25(3,23)24/h5,7,9,13,16H,4,6,8,10-12,14H2,1-3H3,(H,19,22). The van der Waals surface area contributed by atoms with Crippen molar-refractivity contribution in [2.75, 3.05) is 43.9 Å². The summed E-state index contributed by atoms with van der Waals surface area (Å²) < 4.78 is 24.7. The number of amides is 1. The Bertz CT molecular complexity index is 691. The molecule has 0 spiro atoms. The molecule has 0 aliphatic carbocycles.